The minimum absolute atomic E-state index is 0.233. The van der Waals surface area contributed by atoms with Gasteiger partial charge in [-0.25, -0.2) is 0 Å². The molecule has 1 unspecified atom stereocenters. The Balaban J connectivity index is 3.69. The summed E-state index contributed by atoms with van der Waals surface area (Å²) >= 11 is 0. The van der Waals surface area contributed by atoms with E-state index in [0.717, 1.165) is 0 Å². The van der Waals surface area contributed by atoms with E-state index in [2.05, 4.69) is 0 Å². The lowest BCUT2D eigenvalue weighted by Crippen LogP contribution is -2.36. The number of hydrogen-bond donors (Lipinski definition) is 1. The van der Waals surface area contributed by atoms with E-state index in [0.29, 0.717) is 13.0 Å². The molecule has 0 spiro atoms. The van der Waals surface area contributed by atoms with Gasteiger partial charge in [-0.1, -0.05) is 6.92 Å². The number of hydrogen-bond acceptors (Lipinski definition) is 3. The Morgan fingerprint density at radius 2 is 2.00 bits per heavy atom. The Bertz CT molecular complexity index is 76.9. The first-order valence-electron chi connectivity index (χ1n) is 3.53. The van der Waals surface area contributed by atoms with Crippen LogP contribution in [0.15, 0.2) is 0 Å². The van der Waals surface area contributed by atoms with Crippen LogP contribution in [0.1, 0.15) is 20.3 Å². The van der Waals surface area contributed by atoms with Gasteiger partial charge < -0.3 is 14.6 Å². The molecule has 0 aromatic heterocycles. The van der Waals surface area contributed by atoms with Gasteiger partial charge in [0.1, 0.15) is 6.61 Å². The van der Waals surface area contributed by atoms with Crippen LogP contribution in [-0.4, -0.2) is 31.2 Å². The van der Waals surface area contributed by atoms with Crippen LogP contribution in [0.25, 0.3) is 0 Å². The van der Waals surface area contributed by atoms with Gasteiger partial charge in [-0.2, -0.15) is 0 Å². The Kier molecular flexibility index (Phi) is 4.60. The second kappa shape index (κ2) is 4.66. The first-order chi connectivity index (χ1) is 4.68. The molecule has 0 aromatic rings. The molecule has 0 amide bonds. The summed E-state index contributed by atoms with van der Waals surface area (Å²) in [7, 11) is 1.54. The fourth-order valence-corrected chi connectivity index (χ4v) is 0.740. The topological polar surface area (TPSA) is 38.7 Å². The maximum absolute atomic E-state index is 9.47. The molecule has 0 saturated heterocycles. The first kappa shape index (κ1) is 9.88. The van der Waals surface area contributed by atoms with Crippen LogP contribution < -0.4 is 0 Å². The van der Waals surface area contributed by atoms with Gasteiger partial charge in [-0.05, 0) is 6.92 Å². The Labute approximate surface area is 62.0 Å². The summed E-state index contributed by atoms with van der Waals surface area (Å²) in [6, 6.07) is 0. The van der Waals surface area contributed by atoms with Crippen LogP contribution in [0.2, 0.25) is 0 Å². The van der Waals surface area contributed by atoms with Crippen molar-refractivity contribution in [2.45, 2.75) is 26.1 Å². The first-order valence-corrected chi connectivity index (χ1v) is 3.53. The Hall–Kier alpha value is -0.120. The molecule has 0 saturated carbocycles. The summed E-state index contributed by atoms with van der Waals surface area (Å²) in [5, 5.41) is 9.47. The standard InChI is InChI=1S/C7H16O3/c1-4-7(8,6-9-3)10-5-2/h8H,4-6H2,1-3H3. The number of ether oxygens (including phenoxy) is 2. The van der Waals surface area contributed by atoms with Crippen molar-refractivity contribution in [1.29, 1.82) is 0 Å². The van der Waals surface area contributed by atoms with Gasteiger partial charge in [-0.3, -0.25) is 0 Å². The third kappa shape index (κ3) is 3.15. The van der Waals surface area contributed by atoms with Gasteiger partial charge >= 0.3 is 0 Å². The summed E-state index contributed by atoms with van der Waals surface area (Å²) in [5.41, 5.74) is 0. The van der Waals surface area contributed by atoms with Crippen molar-refractivity contribution in [3.8, 4) is 0 Å². The van der Waals surface area contributed by atoms with E-state index in [1.807, 2.05) is 13.8 Å². The summed E-state index contributed by atoms with van der Waals surface area (Å²) < 4.78 is 9.82. The lowest BCUT2D eigenvalue weighted by molar-refractivity contribution is -0.227. The highest BCUT2D eigenvalue weighted by atomic mass is 16.6. The summed E-state index contributed by atoms with van der Waals surface area (Å²) in [4.78, 5) is 0. The van der Waals surface area contributed by atoms with Gasteiger partial charge in [0, 0.05) is 20.1 Å². The number of rotatable bonds is 5. The second-order valence-corrected chi connectivity index (χ2v) is 2.17. The normalized spacial score (nSPS) is 16.8. The van der Waals surface area contributed by atoms with Crippen molar-refractivity contribution >= 4 is 0 Å². The van der Waals surface area contributed by atoms with E-state index in [1.165, 1.54) is 0 Å². The van der Waals surface area contributed by atoms with Crippen LogP contribution in [-0.2, 0) is 9.47 Å². The zero-order valence-electron chi connectivity index (χ0n) is 6.89. The fraction of sp³-hybridized carbons (Fsp3) is 1.00. The van der Waals surface area contributed by atoms with Crippen LogP contribution in [0.4, 0.5) is 0 Å². The van der Waals surface area contributed by atoms with Crippen LogP contribution in [0.5, 0.6) is 0 Å². The van der Waals surface area contributed by atoms with Gasteiger partial charge in [0.15, 0.2) is 5.79 Å². The highest BCUT2D eigenvalue weighted by Crippen LogP contribution is 2.11. The van der Waals surface area contributed by atoms with Crippen molar-refractivity contribution in [3.05, 3.63) is 0 Å². The molecule has 0 rings (SSSR count). The largest absolute Gasteiger partial charge is 0.379 e. The number of methoxy groups -OCH3 is 1. The molecule has 1 atom stereocenters. The third-order valence-electron chi connectivity index (χ3n) is 1.34. The lowest BCUT2D eigenvalue weighted by atomic mass is 10.2. The highest BCUT2D eigenvalue weighted by molar-refractivity contribution is 4.62. The average Bonchev–Trinajstić information content (AvgIpc) is 1.89. The van der Waals surface area contributed by atoms with Crippen LogP contribution >= 0.6 is 0 Å². The Morgan fingerprint density at radius 3 is 2.30 bits per heavy atom. The van der Waals surface area contributed by atoms with Crippen molar-refractivity contribution in [3.63, 3.8) is 0 Å². The summed E-state index contributed by atoms with van der Waals surface area (Å²) in [6.07, 6.45) is 0.550. The second-order valence-electron chi connectivity index (χ2n) is 2.17. The van der Waals surface area contributed by atoms with Crippen LogP contribution in [0, 0.1) is 0 Å². The van der Waals surface area contributed by atoms with Crippen LogP contribution in [0.3, 0.4) is 0 Å². The van der Waals surface area contributed by atoms with E-state index in [-0.39, 0.29) is 6.61 Å². The van der Waals surface area contributed by atoms with E-state index < -0.39 is 5.79 Å². The molecule has 0 fully saturated rings. The smallest absolute Gasteiger partial charge is 0.188 e. The number of aliphatic hydroxyl groups is 1. The van der Waals surface area contributed by atoms with E-state index >= 15 is 0 Å². The maximum Gasteiger partial charge on any atom is 0.188 e. The predicted molar refractivity (Wildman–Crippen MR) is 38.7 cm³/mol. The SMILES string of the molecule is CCOC(O)(CC)COC. The molecule has 0 heterocycles. The zero-order valence-corrected chi connectivity index (χ0v) is 6.89. The van der Waals surface area contributed by atoms with Crippen molar-refractivity contribution in [2.24, 2.45) is 0 Å². The van der Waals surface area contributed by atoms with Gasteiger partial charge in [-0.15, -0.1) is 0 Å². The zero-order chi connectivity index (χ0) is 8.04. The average molecular weight is 148 g/mol. The predicted octanol–water partition coefficient (Wildman–Crippen LogP) is 0.768. The molecule has 0 aliphatic heterocycles. The molecule has 0 aromatic carbocycles. The minimum Gasteiger partial charge on any atom is -0.379 e. The van der Waals surface area contributed by atoms with Crippen molar-refractivity contribution in [2.75, 3.05) is 20.3 Å². The molecule has 0 bridgehead atoms. The summed E-state index contributed by atoms with van der Waals surface area (Å²) in [6.45, 7) is 4.44. The minimum atomic E-state index is -1.08. The molecule has 3 nitrogen and oxygen atoms in total. The maximum atomic E-state index is 9.47. The van der Waals surface area contributed by atoms with E-state index in [1.54, 1.807) is 7.11 Å². The molecular weight excluding hydrogens is 132 g/mol. The molecule has 0 aliphatic rings. The molecule has 1 N–H and O–H groups in total. The molecule has 0 aliphatic carbocycles. The van der Waals surface area contributed by atoms with Gasteiger partial charge in [0.25, 0.3) is 0 Å². The fourth-order valence-electron chi connectivity index (χ4n) is 0.740. The Morgan fingerprint density at radius 1 is 1.40 bits per heavy atom. The van der Waals surface area contributed by atoms with Crippen molar-refractivity contribution in [1.82, 2.24) is 0 Å². The van der Waals surface area contributed by atoms with Crippen molar-refractivity contribution < 1.29 is 14.6 Å². The van der Waals surface area contributed by atoms with E-state index in [9.17, 15) is 5.11 Å². The third-order valence-corrected chi connectivity index (χ3v) is 1.34. The molecule has 10 heavy (non-hydrogen) atoms. The lowest BCUT2D eigenvalue weighted by Gasteiger charge is -2.25. The van der Waals surface area contributed by atoms with Gasteiger partial charge in [0.05, 0.1) is 0 Å². The summed E-state index contributed by atoms with van der Waals surface area (Å²) in [5.74, 6) is -1.08. The molecule has 3 heteroatoms. The quantitative estimate of drug-likeness (QED) is 0.585. The van der Waals surface area contributed by atoms with E-state index in [4.69, 9.17) is 9.47 Å². The monoisotopic (exact) mass is 148 g/mol. The highest BCUT2D eigenvalue weighted by Gasteiger charge is 2.23. The molecular formula is C7H16O3. The van der Waals surface area contributed by atoms with Gasteiger partial charge in [0.2, 0.25) is 0 Å². The molecule has 62 valence electrons. The molecule has 0 radical (unpaired) electrons.